The van der Waals surface area contributed by atoms with Crippen LogP contribution in [0.4, 0.5) is 4.79 Å². The zero-order chi connectivity index (χ0) is 21.8. The smallest absolute Gasteiger partial charge is 0.318 e. The van der Waals surface area contributed by atoms with E-state index in [0.29, 0.717) is 32.1 Å². The highest BCUT2D eigenvalue weighted by molar-refractivity contribution is 5.80. The Morgan fingerprint density at radius 2 is 2.00 bits per heavy atom. The van der Waals surface area contributed by atoms with E-state index >= 15 is 0 Å². The SMILES string of the molecule is CCNC(=O)N1[C@H](C)C[C@]2(COCC(=O)N2)[C@H]1COC1CCC(c2ccccc2)CC1. The summed E-state index contributed by atoms with van der Waals surface area (Å²) in [4.78, 5) is 26.8. The number of ether oxygens (including phenoxy) is 2. The first-order valence-electron chi connectivity index (χ1n) is 11.6. The Hall–Kier alpha value is -2.12. The average Bonchev–Trinajstić information content (AvgIpc) is 3.03. The predicted molar refractivity (Wildman–Crippen MR) is 118 cm³/mol. The minimum Gasteiger partial charge on any atom is -0.376 e. The summed E-state index contributed by atoms with van der Waals surface area (Å²) in [6, 6.07) is 10.3. The van der Waals surface area contributed by atoms with Gasteiger partial charge in [-0.15, -0.1) is 0 Å². The van der Waals surface area contributed by atoms with Gasteiger partial charge in [0.1, 0.15) is 6.61 Å². The van der Waals surface area contributed by atoms with Crippen LogP contribution in [0.3, 0.4) is 0 Å². The lowest BCUT2D eigenvalue weighted by molar-refractivity contribution is -0.137. The van der Waals surface area contributed by atoms with Crippen LogP contribution in [0.1, 0.15) is 57.4 Å². The number of likely N-dealkylation sites (tertiary alicyclic amines) is 1. The second kappa shape index (κ2) is 9.57. The standard InChI is InChI=1S/C24H35N3O4/c1-3-25-23(29)27-17(2)13-24(16-30-15-22(28)26-24)21(27)14-31-20-11-9-19(10-12-20)18-7-5-4-6-8-18/h4-8,17,19-21H,3,9-16H2,1-2H3,(H,25,29)(H,26,28)/t17-,19?,20?,21-,24+/m1/s1. The minimum atomic E-state index is -0.582. The van der Waals surface area contributed by atoms with Crippen molar-refractivity contribution in [3.63, 3.8) is 0 Å². The summed E-state index contributed by atoms with van der Waals surface area (Å²) in [6.45, 7) is 5.41. The van der Waals surface area contributed by atoms with E-state index in [4.69, 9.17) is 9.47 Å². The molecule has 1 aromatic carbocycles. The van der Waals surface area contributed by atoms with E-state index in [0.717, 1.165) is 25.7 Å². The Kier molecular flexibility index (Phi) is 6.82. The van der Waals surface area contributed by atoms with E-state index < -0.39 is 5.54 Å². The first-order chi connectivity index (χ1) is 15.0. The van der Waals surface area contributed by atoms with Crippen molar-refractivity contribution in [2.24, 2.45) is 0 Å². The minimum absolute atomic E-state index is 0.00373. The van der Waals surface area contributed by atoms with Crippen molar-refractivity contribution in [1.29, 1.82) is 0 Å². The molecule has 170 valence electrons. The molecule has 2 heterocycles. The highest BCUT2D eigenvalue weighted by Gasteiger charge is 2.55. The summed E-state index contributed by atoms with van der Waals surface area (Å²) in [5.41, 5.74) is 0.829. The fourth-order valence-electron chi connectivity index (χ4n) is 5.64. The molecule has 3 atom stereocenters. The Morgan fingerprint density at radius 3 is 2.68 bits per heavy atom. The van der Waals surface area contributed by atoms with Gasteiger partial charge in [0.05, 0.1) is 30.9 Å². The van der Waals surface area contributed by atoms with Gasteiger partial charge in [-0.05, 0) is 57.4 Å². The molecule has 3 amide bonds. The molecular weight excluding hydrogens is 394 g/mol. The van der Waals surface area contributed by atoms with E-state index in [2.05, 4.69) is 41.0 Å². The molecule has 1 saturated carbocycles. The summed E-state index contributed by atoms with van der Waals surface area (Å²) in [6.07, 6.45) is 5.10. The van der Waals surface area contributed by atoms with Crippen molar-refractivity contribution < 1.29 is 19.1 Å². The summed E-state index contributed by atoms with van der Waals surface area (Å²) in [5, 5.41) is 6.07. The summed E-state index contributed by atoms with van der Waals surface area (Å²) < 4.78 is 12.0. The number of hydrogen-bond donors (Lipinski definition) is 2. The topological polar surface area (TPSA) is 79.9 Å². The van der Waals surface area contributed by atoms with Crippen LogP contribution >= 0.6 is 0 Å². The van der Waals surface area contributed by atoms with Crippen LogP contribution in [0.25, 0.3) is 0 Å². The molecule has 1 aromatic rings. The van der Waals surface area contributed by atoms with Crippen LogP contribution in [0, 0.1) is 0 Å². The van der Waals surface area contributed by atoms with Gasteiger partial charge >= 0.3 is 6.03 Å². The number of nitrogens with one attached hydrogen (secondary N) is 2. The molecule has 3 aliphatic rings. The molecule has 7 heteroatoms. The Balaban J connectivity index is 1.41. The Labute approximate surface area is 184 Å². The number of carbonyl (C=O) groups excluding carboxylic acids is 2. The third-order valence-corrected chi connectivity index (χ3v) is 7.09. The fraction of sp³-hybridized carbons (Fsp3) is 0.667. The zero-order valence-corrected chi connectivity index (χ0v) is 18.6. The van der Waals surface area contributed by atoms with Crippen LogP contribution < -0.4 is 10.6 Å². The molecule has 0 aromatic heterocycles. The monoisotopic (exact) mass is 429 g/mol. The van der Waals surface area contributed by atoms with E-state index in [9.17, 15) is 9.59 Å². The number of benzene rings is 1. The first-order valence-corrected chi connectivity index (χ1v) is 11.6. The van der Waals surface area contributed by atoms with E-state index in [1.54, 1.807) is 0 Å². The third-order valence-electron chi connectivity index (χ3n) is 7.09. The summed E-state index contributed by atoms with van der Waals surface area (Å²) >= 11 is 0. The van der Waals surface area contributed by atoms with Gasteiger partial charge in [0.25, 0.3) is 0 Å². The number of nitrogens with zero attached hydrogens (tertiary/aromatic N) is 1. The van der Waals surface area contributed by atoms with Gasteiger partial charge < -0.3 is 25.0 Å². The van der Waals surface area contributed by atoms with Crippen molar-refractivity contribution >= 4 is 11.9 Å². The maximum absolute atomic E-state index is 12.8. The molecular formula is C24H35N3O4. The lowest BCUT2D eigenvalue weighted by atomic mass is 9.82. The fourth-order valence-corrected chi connectivity index (χ4v) is 5.64. The highest BCUT2D eigenvalue weighted by atomic mass is 16.5. The normalized spacial score (nSPS) is 33.4. The number of rotatable bonds is 5. The van der Waals surface area contributed by atoms with Crippen LogP contribution in [-0.2, 0) is 14.3 Å². The van der Waals surface area contributed by atoms with Crippen LogP contribution in [0.5, 0.6) is 0 Å². The number of hydrogen-bond acceptors (Lipinski definition) is 4. The van der Waals surface area contributed by atoms with E-state index in [-0.39, 0.29) is 36.7 Å². The first kappa shape index (κ1) is 22.1. The third kappa shape index (κ3) is 4.72. The largest absolute Gasteiger partial charge is 0.376 e. The second-order valence-electron chi connectivity index (χ2n) is 9.23. The van der Waals surface area contributed by atoms with E-state index in [1.165, 1.54) is 5.56 Å². The van der Waals surface area contributed by atoms with Crippen molar-refractivity contribution in [2.75, 3.05) is 26.4 Å². The summed E-state index contributed by atoms with van der Waals surface area (Å²) in [5.74, 6) is 0.473. The van der Waals surface area contributed by atoms with Gasteiger partial charge in [0, 0.05) is 12.6 Å². The molecule has 0 radical (unpaired) electrons. The second-order valence-corrected chi connectivity index (χ2v) is 9.23. The van der Waals surface area contributed by atoms with Crippen molar-refractivity contribution in [1.82, 2.24) is 15.5 Å². The van der Waals surface area contributed by atoms with Crippen molar-refractivity contribution in [3.8, 4) is 0 Å². The molecule has 2 saturated heterocycles. The molecule has 2 aliphatic heterocycles. The van der Waals surface area contributed by atoms with E-state index in [1.807, 2.05) is 18.7 Å². The number of morpholine rings is 1. The Morgan fingerprint density at radius 1 is 1.26 bits per heavy atom. The van der Waals surface area contributed by atoms with Gasteiger partial charge in [-0.25, -0.2) is 4.79 Å². The van der Waals surface area contributed by atoms with Crippen molar-refractivity contribution in [2.45, 2.75) is 75.6 Å². The lowest BCUT2D eigenvalue weighted by Gasteiger charge is -2.41. The lowest BCUT2D eigenvalue weighted by Crippen LogP contribution is -2.65. The zero-order valence-electron chi connectivity index (χ0n) is 18.6. The van der Waals surface area contributed by atoms with Gasteiger partial charge in [-0.2, -0.15) is 0 Å². The Bertz CT molecular complexity index is 765. The van der Waals surface area contributed by atoms with Gasteiger partial charge in [0.15, 0.2) is 0 Å². The van der Waals surface area contributed by atoms with Crippen LogP contribution in [-0.4, -0.2) is 66.9 Å². The molecule has 0 bridgehead atoms. The predicted octanol–water partition coefficient (Wildman–Crippen LogP) is 2.81. The molecule has 31 heavy (non-hydrogen) atoms. The van der Waals surface area contributed by atoms with Gasteiger partial charge in [0.2, 0.25) is 5.91 Å². The molecule has 2 N–H and O–H groups in total. The maximum Gasteiger partial charge on any atom is 0.318 e. The van der Waals surface area contributed by atoms with Crippen LogP contribution in [0.15, 0.2) is 30.3 Å². The molecule has 3 fully saturated rings. The number of carbonyl (C=O) groups is 2. The highest BCUT2D eigenvalue weighted by Crippen LogP contribution is 2.38. The average molecular weight is 430 g/mol. The quantitative estimate of drug-likeness (QED) is 0.754. The molecule has 4 rings (SSSR count). The molecule has 1 aliphatic carbocycles. The number of urea groups is 1. The molecule has 1 spiro atoms. The van der Waals surface area contributed by atoms with Gasteiger partial charge in [-0.1, -0.05) is 30.3 Å². The summed E-state index contributed by atoms with van der Waals surface area (Å²) in [7, 11) is 0. The maximum atomic E-state index is 12.8. The molecule has 0 unspecified atom stereocenters. The molecule has 7 nitrogen and oxygen atoms in total. The van der Waals surface area contributed by atoms with Crippen molar-refractivity contribution in [3.05, 3.63) is 35.9 Å². The van der Waals surface area contributed by atoms with Gasteiger partial charge in [-0.3, -0.25) is 4.79 Å². The number of amides is 3. The van der Waals surface area contributed by atoms with Crippen LogP contribution in [0.2, 0.25) is 0 Å².